The van der Waals surface area contributed by atoms with Crippen LogP contribution in [-0.2, 0) is 10.0 Å². The first-order chi connectivity index (χ1) is 13.4. The minimum Gasteiger partial charge on any atom is -0.321 e. The zero-order valence-electron chi connectivity index (χ0n) is 15.2. The molecule has 0 aliphatic carbocycles. The van der Waals surface area contributed by atoms with E-state index in [2.05, 4.69) is 5.32 Å². The first-order valence-electron chi connectivity index (χ1n) is 8.67. The number of rotatable bonds is 6. The zero-order valence-corrected chi connectivity index (χ0v) is 16.7. The second-order valence-corrected chi connectivity index (χ2v) is 8.23. The molecular formula is C21H19ClN2O3S. The predicted octanol–water partition coefficient (Wildman–Crippen LogP) is 4.81. The summed E-state index contributed by atoms with van der Waals surface area (Å²) >= 11 is 6.05. The SMILES string of the molecule is CCN(c1ccccc1)S(=O)(=O)c1ccc(C(=O)Nc2ccccc2Cl)cc1. The van der Waals surface area contributed by atoms with E-state index in [9.17, 15) is 13.2 Å². The van der Waals surface area contributed by atoms with Crippen LogP contribution < -0.4 is 9.62 Å². The highest BCUT2D eigenvalue weighted by Gasteiger charge is 2.23. The molecule has 0 radical (unpaired) electrons. The molecule has 0 aliphatic heterocycles. The highest BCUT2D eigenvalue weighted by Crippen LogP contribution is 2.24. The zero-order chi connectivity index (χ0) is 20.1. The largest absolute Gasteiger partial charge is 0.321 e. The van der Waals surface area contributed by atoms with Gasteiger partial charge in [-0.3, -0.25) is 9.10 Å². The number of amides is 1. The number of hydrogen-bond donors (Lipinski definition) is 1. The van der Waals surface area contributed by atoms with Crippen LogP contribution >= 0.6 is 11.6 Å². The van der Waals surface area contributed by atoms with Gasteiger partial charge in [0, 0.05) is 12.1 Å². The van der Waals surface area contributed by atoms with E-state index in [0.717, 1.165) is 0 Å². The van der Waals surface area contributed by atoms with E-state index >= 15 is 0 Å². The molecule has 0 spiro atoms. The fourth-order valence-electron chi connectivity index (χ4n) is 2.75. The topological polar surface area (TPSA) is 66.5 Å². The minimum atomic E-state index is -3.73. The Kier molecular flexibility index (Phi) is 6.02. The van der Waals surface area contributed by atoms with E-state index in [4.69, 9.17) is 11.6 Å². The van der Waals surface area contributed by atoms with Gasteiger partial charge in [0.05, 0.1) is 21.3 Å². The molecule has 0 atom stereocenters. The van der Waals surface area contributed by atoms with Crippen molar-refractivity contribution in [3.05, 3.63) is 89.4 Å². The summed E-state index contributed by atoms with van der Waals surface area (Å²) in [5.41, 5.74) is 1.42. The van der Waals surface area contributed by atoms with Gasteiger partial charge in [0.25, 0.3) is 15.9 Å². The Morgan fingerprint density at radius 1 is 0.929 bits per heavy atom. The van der Waals surface area contributed by atoms with Crippen LogP contribution in [0, 0.1) is 0 Å². The number of anilines is 2. The fraction of sp³-hybridized carbons (Fsp3) is 0.0952. The molecule has 1 N–H and O–H groups in total. The van der Waals surface area contributed by atoms with Crippen molar-refractivity contribution >= 4 is 38.9 Å². The van der Waals surface area contributed by atoms with Gasteiger partial charge < -0.3 is 5.32 Å². The van der Waals surface area contributed by atoms with Crippen molar-refractivity contribution in [3.8, 4) is 0 Å². The molecule has 144 valence electrons. The van der Waals surface area contributed by atoms with Gasteiger partial charge in [-0.25, -0.2) is 8.42 Å². The lowest BCUT2D eigenvalue weighted by atomic mass is 10.2. The molecule has 7 heteroatoms. The Hall–Kier alpha value is -2.83. The monoisotopic (exact) mass is 414 g/mol. The molecule has 0 fully saturated rings. The van der Waals surface area contributed by atoms with Crippen molar-refractivity contribution in [2.24, 2.45) is 0 Å². The summed E-state index contributed by atoms with van der Waals surface area (Å²) in [5, 5.41) is 3.14. The molecule has 0 bridgehead atoms. The number of sulfonamides is 1. The third kappa shape index (κ3) is 4.18. The van der Waals surface area contributed by atoms with Crippen LogP contribution in [0.4, 0.5) is 11.4 Å². The average Bonchev–Trinajstić information content (AvgIpc) is 2.71. The van der Waals surface area contributed by atoms with Crippen molar-refractivity contribution in [1.82, 2.24) is 0 Å². The Bertz CT molecular complexity index is 1070. The second kappa shape index (κ2) is 8.46. The van der Waals surface area contributed by atoms with Crippen LogP contribution in [0.15, 0.2) is 83.8 Å². The number of para-hydroxylation sites is 2. The molecule has 0 aliphatic rings. The number of carbonyl (C=O) groups is 1. The van der Waals surface area contributed by atoms with E-state index < -0.39 is 10.0 Å². The van der Waals surface area contributed by atoms with Crippen LogP contribution in [0.25, 0.3) is 0 Å². The summed E-state index contributed by atoms with van der Waals surface area (Å²) < 4.78 is 27.3. The van der Waals surface area contributed by atoms with E-state index in [1.165, 1.54) is 28.6 Å². The Balaban J connectivity index is 1.83. The summed E-state index contributed by atoms with van der Waals surface area (Å²) in [6.45, 7) is 2.07. The summed E-state index contributed by atoms with van der Waals surface area (Å²) in [6, 6.07) is 21.6. The number of halogens is 1. The lowest BCUT2D eigenvalue weighted by Crippen LogP contribution is -2.30. The van der Waals surface area contributed by atoms with Crippen molar-refractivity contribution < 1.29 is 13.2 Å². The first kappa shape index (κ1) is 19.9. The Morgan fingerprint density at radius 3 is 2.14 bits per heavy atom. The van der Waals surface area contributed by atoms with E-state index in [0.29, 0.717) is 28.5 Å². The van der Waals surface area contributed by atoms with Crippen LogP contribution in [-0.4, -0.2) is 20.9 Å². The van der Waals surface area contributed by atoms with E-state index in [1.807, 2.05) is 6.07 Å². The van der Waals surface area contributed by atoms with E-state index in [1.54, 1.807) is 55.5 Å². The fourth-order valence-corrected chi connectivity index (χ4v) is 4.40. The highest BCUT2D eigenvalue weighted by atomic mass is 35.5. The molecule has 1 amide bonds. The van der Waals surface area contributed by atoms with Gasteiger partial charge >= 0.3 is 0 Å². The predicted molar refractivity (Wildman–Crippen MR) is 112 cm³/mol. The average molecular weight is 415 g/mol. The van der Waals surface area contributed by atoms with Crippen LogP contribution in [0.3, 0.4) is 0 Å². The molecule has 0 aromatic heterocycles. The molecular weight excluding hydrogens is 396 g/mol. The summed E-state index contributed by atoms with van der Waals surface area (Å²) in [4.78, 5) is 12.5. The maximum Gasteiger partial charge on any atom is 0.264 e. The molecule has 0 saturated heterocycles. The molecule has 28 heavy (non-hydrogen) atoms. The lowest BCUT2D eigenvalue weighted by Gasteiger charge is -2.23. The highest BCUT2D eigenvalue weighted by molar-refractivity contribution is 7.92. The quantitative estimate of drug-likeness (QED) is 0.629. The van der Waals surface area contributed by atoms with Crippen molar-refractivity contribution in [2.75, 3.05) is 16.2 Å². The first-order valence-corrected chi connectivity index (χ1v) is 10.5. The molecule has 0 saturated carbocycles. The Labute approximate surface area is 169 Å². The van der Waals surface area contributed by atoms with Gasteiger partial charge in [-0.15, -0.1) is 0 Å². The van der Waals surface area contributed by atoms with Crippen LogP contribution in [0.1, 0.15) is 17.3 Å². The maximum atomic E-state index is 13.0. The second-order valence-electron chi connectivity index (χ2n) is 5.96. The molecule has 0 heterocycles. The smallest absolute Gasteiger partial charge is 0.264 e. The van der Waals surface area contributed by atoms with Crippen molar-refractivity contribution in [2.45, 2.75) is 11.8 Å². The van der Waals surface area contributed by atoms with Gasteiger partial charge in [0.1, 0.15) is 0 Å². The summed E-state index contributed by atoms with van der Waals surface area (Å²) in [7, 11) is -3.73. The van der Waals surface area contributed by atoms with Gasteiger partial charge in [-0.05, 0) is 55.5 Å². The number of nitrogens with zero attached hydrogens (tertiary/aromatic N) is 1. The van der Waals surface area contributed by atoms with Crippen LogP contribution in [0.5, 0.6) is 0 Å². The van der Waals surface area contributed by atoms with E-state index in [-0.39, 0.29) is 10.8 Å². The third-order valence-electron chi connectivity index (χ3n) is 4.16. The van der Waals surface area contributed by atoms with Crippen molar-refractivity contribution in [1.29, 1.82) is 0 Å². The standard InChI is InChI=1S/C21H19ClN2O3S/c1-2-24(17-8-4-3-5-9-17)28(26,27)18-14-12-16(13-15-18)21(25)23-20-11-7-6-10-19(20)22/h3-15H,2H2,1H3,(H,23,25). The molecule has 3 aromatic rings. The molecule has 3 rings (SSSR count). The molecule has 0 unspecified atom stereocenters. The summed E-state index contributed by atoms with van der Waals surface area (Å²) in [6.07, 6.45) is 0. The normalized spacial score (nSPS) is 11.1. The lowest BCUT2D eigenvalue weighted by molar-refractivity contribution is 0.102. The third-order valence-corrected chi connectivity index (χ3v) is 6.40. The minimum absolute atomic E-state index is 0.118. The number of nitrogens with one attached hydrogen (secondary N) is 1. The molecule has 3 aromatic carbocycles. The van der Waals surface area contributed by atoms with Gasteiger partial charge in [-0.2, -0.15) is 0 Å². The van der Waals surface area contributed by atoms with Crippen LogP contribution in [0.2, 0.25) is 5.02 Å². The van der Waals surface area contributed by atoms with Crippen molar-refractivity contribution in [3.63, 3.8) is 0 Å². The number of hydrogen-bond acceptors (Lipinski definition) is 3. The maximum absolute atomic E-state index is 13.0. The Morgan fingerprint density at radius 2 is 1.54 bits per heavy atom. The molecule has 5 nitrogen and oxygen atoms in total. The summed E-state index contributed by atoms with van der Waals surface area (Å²) in [5.74, 6) is -0.368. The van der Waals surface area contributed by atoms with Gasteiger partial charge in [0.2, 0.25) is 0 Å². The van der Waals surface area contributed by atoms with Gasteiger partial charge in [-0.1, -0.05) is 41.9 Å². The van der Waals surface area contributed by atoms with Gasteiger partial charge in [0.15, 0.2) is 0 Å². The number of benzene rings is 3. The number of carbonyl (C=O) groups excluding carboxylic acids is 1.